The lowest BCUT2D eigenvalue weighted by molar-refractivity contribution is 0.0745. The maximum Gasteiger partial charge on any atom is 0.253 e. The number of nitrogens with zero attached hydrogens (tertiary/aromatic N) is 1. The van der Waals surface area contributed by atoms with Crippen LogP contribution in [0.1, 0.15) is 35.2 Å². The molecule has 3 heteroatoms. The maximum atomic E-state index is 12.2. The van der Waals surface area contributed by atoms with Crippen molar-refractivity contribution in [3.05, 3.63) is 33.8 Å². The van der Waals surface area contributed by atoms with Gasteiger partial charge in [0.2, 0.25) is 0 Å². The van der Waals surface area contributed by atoms with Crippen LogP contribution < -0.4 is 0 Å². The Bertz CT molecular complexity index is 406. The molecule has 1 saturated carbocycles. The Morgan fingerprint density at radius 2 is 2.12 bits per heavy atom. The van der Waals surface area contributed by atoms with Gasteiger partial charge in [-0.05, 0) is 49.4 Å². The third kappa shape index (κ3) is 3.09. The highest BCUT2D eigenvalue weighted by Crippen LogP contribution is 2.27. The number of aryl methyl sites for hydroxylation is 1. The molecule has 1 aliphatic carbocycles. The van der Waals surface area contributed by atoms with Crippen molar-refractivity contribution in [3.8, 4) is 0 Å². The number of halogens is 1. The smallest absolute Gasteiger partial charge is 0.253 e. The van der Waals surface area contributed by atoms with Gasteiger partial charge in [-0.3, -0.25) is 4.79 Å². The van der Waals surface area contributed by atoms with Crippen LogP contribution in [0.25, 0.3) is 0 Å². The van der Waals surface area contributed by atoms with Gasteiger partial charge in [0.25, 0.3) is 5.91 Å². The summed E-state index contributed by atoms with van der Waals surface area (Å²) in [6.45, 7) is 2.90. The van der Waals surface area contributed by atoms with Crippen LogP contribution in [0.5, 0.6) is 0 Å². The molecule has 1 fully saturated rings. The molecule has 0 unspecified atom stereocenters. The van der Waals surface area contributed by atoms with Crippen molar-refractivity contribution in [1.82, 2.24) is 4.90 Å². The predicted molar refractivity (Wildman–Crippen MR) is 73.2 cm³/mol. The maximum absolute atomic E-state index is 12.2. The number of benzene rings is 1. The highest BCUT2D eigenvalue weighted by Gasteiger charge is 2.22. The van der Waals surface area contributed by atoms with Gasteiger partial charge in [0, 0.05) is 23.6 Å². The second kappa shape index (κ2) is 5.21. The van der Waals surface area contributed by atoms with E-state index in [0.717, 1.165) is 28.1 Å². The van der Waals surface area contributed by atoms with Gasteiger partial charge >= 0.3 is 0 Å². The van der Waals surface area contributed by atoms with Gasteiger partial charge in [-0.2, -0.15) is 0 Å². The highest BCUT2D eigenvalue weighted by atomic mass is 79.9. The topological polar surface area (TPSA) is 20.3 Å². The second-order valence-electron chi connectivity index (χ2n) is 5.00. The lowest BCUT2D eigenvalue weighted by atomic mass is 9.85. The monoisotopic (exact) mass is 295 g/mol. The first-order valence-electron chi connectivity index (χ1n) is 6.09. The molecule has 2 nitrogen and oxygen atoms in total. The van der Waals surface area contributed by atoms with E-state index in [4.69, 9.17) is 0 Å². The summed E-state index contributed by atoms with van der Waals surface area (Å²) in [7, 11) is 1.90. The molecular weight excluding hydrogens is 278 g/mol. The first-order chi connectivity index (χ1) is 8.06. The molecular formula is C14H18BrNO. The zero-order chi connectivity index (χ0) is 12.4. The van der Waals surface area contributed by atoms with E-state index in [9.17, 15) is 4.79 Å². The summed E-state index contributed by atoms with van der Waals surface area (Å²) < 4.78 is 0.970. The average Bonchev–Trinajstić information content (AvgIpc) is 2.20. The average molecular weight is 296 g/mol. The molecule has 2 rings (SSSR count). The SMILES string of the molecule is Cc1cc(Br)cc(C(=O)N(C)CC2CCC2)c1. The lowest BCUT2D eigenvalue weighted by Gasteiger charge is -2.30. The largest absolute Gasteiger partial charge is 0.341 e. The van der Waals surface area contributed by atoms with Crippen LogP contribution in [-0.2, 0) is 0 Å². The van der Waals surface area contributed by atoms with Crippen LogP contribution >= 0.6 is 15.9 Å². The summed E-state index contributed by atoms with van der Waals surface area (Å²) in [5.74, 6) is 0.846. The summed E-state index contributed by atoms with van der Waals surface area (Å²) in [4.78, 5) is 14.1. The zero-order valence-electron chi connectivity index (χ0n) is 10.4. The van der Waals surface area contributed by atoms with Gasteiger partial charge in [-0.15, -0.1) is 0 Å². The van der Waals surface area contributed by atoms with E-state index < -0.39 is 0 Å². The Kier molecular flexibility index (Phi) is 3.87. The van der Waals surface area contributed by atoms with Gasteiger partial charge in [0.15, 0.2) is 0 Å². The van der Waals surface area contributed by atoms with Crippen molar-refractivity contribution in [2.45, 2.75) is 26.2 Å². The predicted octanol–water partition coefficient (Wildman–Crippen LogP) is 3.63. The number of rotatable bonds is 3. The van der Waals surface area contributed by atoms with Crippen molar-refractivity contribution in [2.24, 2.45) is 5.92 Å². The van der Waals surface area contributed by atoms with Gasteiger partial charge in [0.1, 0.15) is 0 Å². The molecule has 0 saturated heterocycles. The van der Waals surface area contributed by atoms with Crippen molar-refractivity contribution in [3.63, 3.8) is 0 Å². The van der Waals surface area contributed by atoms with E-state index >= 15 is 0 Å². The molecule has 0 heterocycles. The number of amides is 1. The zero-order valence-corrected chi connectivity index (χ0v) is 12.0. The Morgan fingerprint density at radius 3 is 2.65 bits per heavy atom. The minimum Gasteiger partial charge on any atom is -0.341 e. The molecule has 1 aromatic carbocycles. The van der Waals surface area contributed by atoms with Crippen molar-refractivity contribution in [1.29, 1.82) is 0 Å². The second-order valence-corrected chi connectivity index (χ2v) is 5.92. The first kappa shape index (κ1) is 12.6. The highest BCUT2D eigenvalue weighted by molar-refractivity contribution is 9.10. The fraction of sp³-hybridized carbons (Fsp3) is 0.500. The molecule has 0 bridgehead atoms. The van der Waals surface area contributed by atoms with E-state index in [1.54, 1.807) is 0 Å². The first-order valence-corrected chi connectivity index (χ1v) is 6.88. The molecule has 1 amide bonds. The Balaban J connectivity index is 2.06. The third-order valence-electron chi connectivity index (χ3n) is 3.39. The van der Waals surface area contributed by atoms with Gasteiger partial charge in [0.05, 0.1) is 0 Å². The summed E-state index contributed by atoms with van der Waals surface area (Å²) in [5.41, 5.74) is 1.89. The van der Waals surface area contributed by atoms with Crippen LogP contribution in [-0.4, -0.2) is 24.4 Å². The van der Waals surface area contributed by atoms with E-state index in [0.29, 0.717) is 0 Å². The summed E-state index contributed by atoms with van der Waals surface area (Å²) in [5, 5.41) is 0. The van der Waals surface area contributed by atoms with Gasteiger partial charge in [-0.1, -0.05) is 22.4 Å². The Hall–Kier alpha value is -0.830. The van der Waals surface area contributed by atoms with E-state index in [-0.39, 0.29) is 5.91 Å². The third-order valence-corrected chi connectivity index (χ3v) is 3.85. The molecule has 0 radical (unpaired) electrons. The molecule has 0 aliphatic heterocycles. The van der Waals surface area contributed by atoms with Crippen LogP contribution in [0, 0.1) is 12.8 Å². The summed E-state index contributed by atoms with van der Waals surface area (Å²) in [6.07, 6.45) is 3.87. The fourth-order valence-electron chi connectivity index (χ4n) is 2.23. The standard InChI is InChI=1S/C14H18BrNO/c1-10-6-12(8-13(15)7-10)14(17)16(2)9-11-4-3-5-11/h6-8,11H,3-5,9H2,1-2H3. The molecule has 0 spiro atoms. The van der Waals surface area contributed by atoms with Gasteiger partial charge < -0.3 is 4.90 Å². The summed E-state index contributed by atoms with van der Waals surface area (Å²) in [6, 6.07) is 5.86. The van der Waals surface area contributed by atoms with Crippen LogP contribution in [0.4, 0.5) is 0 Å². The van der Waals surface area contributed by atoms with Crippen LogP contribution in [0.3, 0.4) is 0 Å². The minimum absolute atomic E-state index is 0.126. The molecule has 0 N–H and O–H groups in total. The van der Waals surface area contributed by atoms with E-state index in [1.807, 2.05) is 37.1 Å². The number of carbonyl (C=O) groups is 1. The Labute approximate surface area is 111 Å². The van der Waals surface area contributed by atoms with Gasteiger partial charge in [-0.25, -0.2) is 0 Å². The van der Waals surface area contributed by atoms with Crippen molar-refractivity contribution in [2.75, 3.05) is 13.6 Å². The van der Waals surface area contributed by atoms with Crippen LogP contribution in [0.2, 0.25) is 0 Å². The van der Waals surface area contributed by atoms with Crippen molar-refractivity contribution >= 4 is 21.8 Å². The van der Waals surface area contributed by atoms with E-state index in [1.165, 1.54) is 19.3 Å². The van der Waals surface area contributed by atoms with Crippen LogP contribution in [0.15, 0.2) is 22.7 Å². The number of carbonyl (C=O) groups excluding carboxylic acids is 1. The molecule has 1 aliphatic rings. The molecule has 0 aromatic heterocycles. The number of hydrogen-bond donors (Lipinski definition) is 0. The molecule has 92 valence electrons. The quantitative estimate of drug-likeness (QED) is 0.834. The minimum atomic E-state index is 0.126. The lowest BCUT2D eigenvalue weighted by Crippen LogP contribution is -2.34. The number of hydrogen-bond acceptors (Lipinski definition) is 1. The van der Waals surface area contributed by atoms with E-state index in [2.05, 4.69) is 15.9 Å². The fourth-order valence-corrected chi connectivity index (χ4v) is 2.83. The van der Waals surface area contributed by atoms with Crippen molar-refractivity contribution < 1.29 is 4.79 Å². The normalized spacial score (nSPS) is 15.5. The summed E-state index contributed by atoms with van der Waals surface area (Å²) >= 11 is 3.44. The Morgan fingerprint density at radius 1 is 1.41 bits per heavy atom. The molecule has 1 aromatic rings. The molecule has 0 atom stereocenters. The molecule has 17 heavy (non-hydrogen) atoms.